The Kier molecular flexibility index (Phi) is 15.3. The summed E-state index contributed by atoms with van der Waals surface area (Å²) < 4.78 is 24.7. The lowest BCUT2D eigenvalue weighted by molar-refractivity contribution is 0.166. The van der Waals surface area contributed by atoms with Gasteiger partial charge in [-0.2, -0.15) is 0 Å². The summed E-state index contributed by atoms with van der Waals surface area (Å²) >= 11 is 0. The highest BCUT2D eigenvalue weighted by Gasteiger charge is 1.99. The summed E-state index contributed by atoms with van der Waals surface area (Å²) in [5.74, 6) is -1.54. The fraction of sp³-hybridized carbons (Fsp3) is 0.625. The molecule has 0 radical (unpaired) electrons. The Morgan fingerprint density at radius 2 is 1.50 bits per heavy atom. The molecule has 0 amide bonds. The van der Waals surface area contributed by atoms with Gasteiger partial charge in [0.15, 0.2) is 11.6 Å². The Morgan fingerprint density at radius 1 is 1.00 bits per heavy atom. The Bertz CT molecular complexity index is 324. The quantitative estimate of drug-likeness (QED) is 0.877. The molecular formula is C16H28F2O2. The fourth-order valence-electron chi connectivity index (χ4n) is 1.05. The number of aryl methyl sites for hydroxylation is 1. The monoisotopic (exact) mass is 290 g/mol. The molecule has 0 bridgehead atoms. The number of benzene rings is 1. The summed E-state index contributed by atoms with van der Waals surface area (Å²) in [7, 11) is 0. The van der Waals surface area contributed by atoms with E-state index in [9.17, 15) is 8.78 Å². The zero-order chi connectivity index (χ0) is 16.0. The lowest BCUT2D eigenvalue weighted by atomic mass is 10.2. The minimum absolute atomic E-state index is 0.0648. The van der Waals surface area contributed by atoms with E-state index in [0.717, 1.165) is 37.3 Å². The van der Waals surface area contributed by atoms with Crippen LogP contribution in [-0.2, 0) is 6.42 Å². The first-order valence-electron chi connectivity index (χ1n) is 7.19. The molecule has 0 heterocycles. The van der Waals surface area contributed by atoms with Crippen molar-refractivity contribution in [3.63, 3.8) is 0 Å². The molecule has 0 aliphatic heterocycles. The third-order valence-corrected chi connectivity index (χ3v) is 2.56. The van der Waals surface area contributed by atoms with E-state index in [2.05, 4.69) is 0 Å². The molecule has 20 heavy (non-hydrogen) atoms. The average molecular weight is 290 g/mol. The largest absolute Gasteiger partial charge is 0.396 e. The highest BCUT2D eigenvalue weighted by molar-refractivity contribution is 5.17. The van der Waals surface area contributed by atoms with Gasteiger partial charge in [0, 0.05) is 6.61 Å². The summed E-state index contributed by atoms with van der Waals surface area (Å²) in [6.45, 7) is 8.11. The Morgan fingerprint density at radius 3 is 1.75 bits per heavy atom. The first-order chi connectivity index (χ1) is 9.46. The van der Waals surface area contributed by atoms with Gasteiger partial charge in [-0.3, -0.25) is 0 Å². The zero-order valence-corrected chi connectivity index (χ0v) is 13.0. The van der Waals surface area contributed by atoms with Gasteiger partial charge in [0.2, 0.25) is 0 Å². The second kappa shape index (κ2) is 14.4. The molecule has 2 nitrogen and oxygen atoms in total. The van der Waals surface area contributed by atoms with Crippen LogP contribution >= 0.6 is 0 Å². The van der Waals surface area contributed by atoms with Gasteiger partial charge in [-0.25, -0.2) is 8.78 Å². The molecule has 0 saturated carbocycles. The highest BCUT2D eigenvalue weighted by atomic mass is 19.2. The van der Waals surface area contributed by atoms with Crippen LogP contribution in [0.3, 0.4) is 0 Å². The molecule has 0 atom stereocenters. The van der Waals surface area contributed by atoms with Gasteiger partial charge in [0.25, 0.3) is 0 Å². The molecule has 0 fully saturated rings. The smallest absolute Gasteiger partial charge is 0.159 e. The Balaban J connectivity index is 0. The van der Waals surface area contributed by atoms with Crippen LogP contribution in [0.1, 0.15) is 52.5 Å². The maximum atomic E-state index is 12.4. The molecule has 0 aliphatic carbocycles. The van der Waals surface area contributed by atoms with Crippen LogP contribution < -0.4 is 0 Å². The van der Waals surface area contributed by atoms with Crippen LogP contribution in [0.2, 0.25) is 0 Å². The summed E-state index contributed by atoms with van der Waals surface area (Å²) in [4.78, 5) is 0. The number of rotatable bonds is 4. The predicted molar refractivity (Wildman–Crippen MR) is 79.7 cm³/mol. The molecule has 4 heteroatoms. The molecule has 0 aromatic heterocycles. The summed E-state index contributed by atoms with van der Waals surface area (Å²) in [6, 6.07) is 3.95. The fourth-order valence-corrected chi connectivity index (χ4v) is 1.05. The molecular weight excluding hydrogens is 262 g/mol. The Labute approximate surface area is 121 Å². The van der Waals surface area contributed by atoms with E-state index in [1.807, 2.05) is 27.7 Å². The van der Waals surface area contributed by atoms with Crippen LogP contribution in [0.4, 0.5) is 8.78 Å². The molecule has 1 rings (SSSR count). The van der Waals surface area contributed by atoms with E-state index in [1.165, 1.54) is 6.07 Å². The van der Waals surface area contributed by atoms with Crippen molar-refractivity contribution >= 4 is 0 Å². The minimum atomic E-state index is -0.780. The van der Waals surface area contributed by atoms with Crippen molar-refractivity contribution in [1.82, 2.24) is 0 Å². The topological polar surface area (TPSA) is 40.5 Å². The molecule has 0 unspecified atom stereocenters. The summed E-state index contributed by atoms with van der Waals surface area (Å²) in [5, 5.41) is 16.5. The lowest BCUT2D eigenvalue weighted by Gasteiger charge is -1.98. The van der Waals surface area contributed by atoms with Crippen molar-refractivity contribution in [2.45, 2.75) is 59.5 Å². The summed E-state index contributed by atoms with van der Waals surface area (Å²) in [5.41, 5.74) is 0.818. The van der Waals surface area contributed by atoms with Crippen LogP contribution in [0, 0.1) is 11.6 Å². The van der Waals surface area contributed by atoms with Gasteiger partial charge in [-0.1, -0.05) is 33.8 Å². The first-order valence-corrected chi connectivity index (χ1v) is 7.19. The standard InChI is InChI=1S/C8H8F2.C5H12O.C3H8O/c1-2-6-3-4-7(9)8(10)5-6;1-3-5(6)4-2;1-2-3-4/h3-5H,2H2,1H3;5-6H,3-4H2,1-2H3;4H,2-3H2,1H3. The van der Waals surface area contributed by atoms with E-state index >= 15 is 0 Å². The second-order valence-electron chi connectivity index (χ2n) is 4.30. The molecule has 0 saturated heterocycles. The van der Waals surface area contributed by atoms with Crippen molar-refractivity contribution in [3.8, 4) is 0 Å². The molecule has 0 spiro atoms. The number of aliphatic hydroxyl groups excluding tert-OH is 2. The van der Waals surface area contributed by atoms with Crippen LogP contribution in [0.5, 0.6) is 0 Å². The first kappa shape index (κ1) is 21.3. The van der Waals surface area contributed by atoms with E-state index in [1.54, 1.807) is 6.07 Å². The van der Waals surface area contributed by atoms with Crippen molar-refractivity contribution in [2.24, 2.45) is 0 Å². The van der Waals surface area contributed by atoms with Gasteiger partial charge in [-0.05, 0) is 43.4 Å². The normalized spacial score (nSPS) is 9.45. The van der Waals surface area contributed by atoms with Gasteiger partial charge >= 0.3 is 0 Å². The third kappa shape index (κ3) is 12.1. The molecule has 1 aromatic carbocycles. The van der Waals surface area contributed by atoms with Gasteiger partial charge < -0.3 is 10.2 Å². The summed E-state index contributed by atoms with van der Waals surface area (Å²) in [6.07, 6.45) is 3.31. The maximum Gasteiger partial charge on any atom is 0.159 e. The highest BCUT2D eigenvalue weighted by Crippen LogP contribution is 2.08. The lowest BCUT2D eigenvalue weighted by Crippen LogP contribution is -1.99. The van der Waals surface area contributed by atoms with E-state index < -0.39 is 11.6 Å². The molecule has 1 aromatic rings. The molecule has 0 aliphatic rings. The number of hydrogen-bond donors (Lipinski definition) is 2. The van der Waals surface area contributed by atoms with Gasteiger partial charge in [0.05, 0.1) is 6.10 Å². The number of hydrogen-bond acceptors (Lipinski definition) is 2. The van der Waals surface area contributed by atoms with E-state index in [4.69, 9.17) is 10.2 Å². The SMILES string of the molecule is CCC(O)CC.CCCO.CCc1ccc(F)c(F)c1. The van der Waals surface area contributed by atoms with Crippen LogP contribution in [0.15, 0.2) is 18.2 Å². The van der Waals surface area contributed by atoms with E-state index in [0.29, 0.717) is 6.61 Å². The third-order valence-electron chi connectivity index (χ3n) is 2.56. The van der Waals surface area contributed by atoms with Crippen LogP contribution in [0.25, 0.3) is 0 Å². The second-order valence-corrected chi connectivity index (χ2v) is 4.30. The van der Waals surface area contributed by atoms with Crippen LogP contribution in [-0.4, -0.2) is 22.9 Å². The van der Waals surface area contributed by atoms with Crippen molar-refractivity contribution in [1.29, 1.82) is 0 Å². The maximum absolute atomic E-state index is 12.4. The number of halogens is 2. The van der Waals surface area contributed by atoms with Gasteiger partial charge in [-0.15, -0.1) is 0 Å². The zero-order valence-electron chi connectivity index (χ0n) is 13.0. The van der Waals surface area contributed by atoms with Crippen molar-refractivity contribution < 1.29 is 19.0 Å². The Hall–Kier alpha value is -1.00. The van der Waals surface area contributed by atoms with E-state index in [-0.39, 0.29) is 6.10 Å². The number of aliphatic hydroxyl groups is 2. The molecule has 118 valence electrons. The minimum Gasteiger partial charge on any atom is -0.396 e. The van der Waals surface area contributed by atoms with Crippen molar-refractivity contribution in [2.75, 3.05) is 6.61 Å². The predicted octanol–water partition coefficient (Wildman–Crippen LogP) is 4.08. The molecule has 2 N–H and O–H groups in total. The average Bonchev–Trinajstić information content (AvgIpc) is 2.50. The van der Waals surface area contributed by atoms with Crippen molar-refractivity contribution in [3.05, 3.63) is 35.4 Å². The van der Waals surface area contributed by atoms with Gasteiger partial charge in [0.1, 0.15) is 0 Å².